The molecule has 2 N–H and O–H groups in total. The van der Waals surface area contributed by atoms with Crippen LogP contribution in [0.4, 0.5) is 0 Å². The Hall–Kier alpha value is -0.0466. The van der Waals surface area contributed by atoms with Gasteiger partial charge in [-0.05, 0) is 0 Å². The molecule has 0 amide bonds. The number of hydrogen-bond donors (Lipinski definition) is 1. The van der Waals surface area contributed by atoms with E-state index < -0.39 is 0 Å². The topological polar surface area (TPSA) is 26.0 Å². The Labute approximate surface area is 148 Å². The van der Waals surface area contributed by atoms with Crippen LogP contribution in [0.3, 0.4) is 0 Å². The second-order valence-corrected chi connectivity index (χ2v) is 5.72. The fraction of sp³-hybridized carbons (Fsp3) is 0.562. The molecule has 0 aliphatic heterocycles. The standard InChI is InChI=1S/C15H23.CH3NS2.Zn/c1-2-3-4-5-6-7-9-12-15-13-10-8-11-14-15;2-1(3)4;/h8,10-11,13H,2-7,9,12H2,1H3;(H3,2,3,4);/q-1;;+2/p-1. The Kier molecular flexibility index (Phi) is 18.9. The van der Waals surface area contributed by atoms with Crippen LogP contribution in [0, 0.1) is 6.07 Å². The number of rotatable bonds is 8. The summed E-state index contributed by atoms with van der Waals surface area (Å²) in [6, 6.07) is 11.6. The molecular formula is C16H25NS2Zn. The van der Waals surface area contributed by atoms with Gasteiger partial charge in [-0.3, -0.25) is 0 Å². The molecule has 1 aromatic rings. The molecule has 0 bridgehead atoms. The van der Waals surface area contributed by atoms with Gasteiger partial charge in [-0.25, -0.2) is 0 Å². The van der Waals surface area contributed by atoms with Crippen molar-refractivity contribution in [3.8, 4) is 0 Å². The van der Waals surface area contributed by atoms with E-state index in [-0.39, 0.29) is 23.8 Å². The van der Waals surface area contributed by atoms with Crippen LogP contribution < -0.4 is 5.73 Å². The van der Waals surface area contributed by atoms with Crippen molar-refractivity contribution in [2.75, 3.05) is 0 Å². The molecule has 1 nitrogen and oxygen atoms in total. The molecule has 0 saturated carbocycles. The van der Waals surface area contributed by atoms with Crippen LogP contribution in [0.25, 0.3) is 0 Å². The molecule has 0 aliphatic rings. The van der Waals surface area contributed by atoms with Crippen LogP contribution in [0.5, 0.6) is 0 Å². The minimum atomic E-state index is 0. The first-order valence-electron chi connectivity index (χ1n) is 7.08. The Bertz CT molecular complexity index is 314. The molecule has 0 spiro atoms. The van der Waals surface area contributed by atoms with Gasteiger partial charge in [0.25, 0.3) is 0 Å². The van der Waals surface area contributed by atoms with Crippen LogP contribution in [-0.2, 0) is 38.5 Å². The third-order valence-electron chi connectivity index (χ3n) is 2.82. The first kappa shape index (κ1) is 22.2. The molecule has 0 fully saturated rings. The number of nitrogens with two attached hydrogens (primary N) is 1. The molecule has 1 aromatic carbocycles. The largest absolute Gasteiger partial charge is 2.00 e. The maximum absolute atomic E-state index is 4.66. The van der Waals surface area contributed by atoms with Crippen molar-refractivity contribution in [2.45, 2.75) is 58.3 Å². The van der Waals surface area contributed by atoms with Gasteiger partial charge in [0.1, 0.15) is 0 Å². The van der Waals surface area contributed by atoms with Crippen LogP contribution in [0.15, 0.2) is 24.3 Å². The van der Waals surface area contributed by atoms with E-state index in [1.54, 1.807) is 0 Å². The maximum atomic E-state index is 4.66. The molecule has 0 radical (unpaired) electrons. The van der Waals surface area contributed by atoms with Gasteiger partial charge in [-0.15, -0.1) is 0 Å². The van der Waals surface area contributed by atoms with Gasteiger partial charge in [0.2, 0.25) is 0 Å². The Morgan fingerprint density at radius 3 is 2.20 bits per heavy atom. The van der Waals surface area contributed by atoms with Crippen molar-refractivity contribution < 1.29 is 19.5 Å². The number of benzene rings is 1. The van der Waals surface area contributed by atoms with Crippen LogP contribution in [-0.4, -0.2) is 4.32 Å². The first-order valence-corrected chi connectivity index (χ1v) is 7.90. The number of aryl methyl sites for hydroxylation is 1. The number of thiocarbonyl (C=S) groups is 1. The SMILES string of the molecule is CCCCCCCCCc1[c-]cccc1.NC(=S)[S-].[Zn+2]. The summed E-state index contributed by atoms with van der Waals surface area (Å²) in [6.07, 6.45) is 10.9. The fourth-order valence-electron chi connectivity index (χ4n) is 1.86. The summed E-state index contributed by atoms with van der Waals surface area (Å²) in [5.74, 6) is 0. The summed E-state index contributed by atoms with van der Waals surface area (Å²) in [7, 11) is 0. The normalized spacial score (nSPS) is 9.05. The minimum Gasteiger partial charge on any atom is -0.415 e. The predicted molar refractivity (Wildman–Crippen MR) is 91.1 cm³/mol. The molecule has 4 heteroatoms. The van der Waals surface area contributed by atoms with E-state index >= 15 is 0 Å². The van der Waals surface area contributed by atoms with Crippen molar-refractivity contribution in [1.82, 2.24) is 0 Å². The molecule has 0 aliphatic carbocycles. The Morgan fingerprint density at radius 1 is 1.15 bits per heavy atom. The van der Waals surface area contributed by atoms with Gasteiger partial charge in [0.05, 0.1) is 0 Å². The van der Waals surface area contributed by atoms with Gasteiger partial charge < -0.3 is 30.6 Å². The number of hydrogen-bond acceptors (Lipinski definition) is 2. The summed E-state index contributed by atoms with van der Waals surface area (Å²) in [6.45, 7) is 2.27. The molecule has 0 aromatic heterocycles. The van der Waals surface area contributed by atoms with Gasteiger partial charge in [0, 0.05) is 0 Å². The minimum absolute atomic E-state index is 0. The quantitative estimate of drug-likeness (QED) is 0.242. The zero-order valence-electron chi connectivity index (χ0n) is 12.6. The van der Waals surface area contributed by atoms with E-state index in [4.69, 9.17) is 0 Å². The molecule has 20 heavy (non-hydrogen) atoms. The second-order valence-electron chi connectivity index (χ2n) is 4.58. The molecule has 0 atom stereocenters. The summed E-state index contributed by atoms with van der Waals surface area (Å²) in [4.78, 5) is 0. The summed E-state index contributed by atoms with van der Waals surface area (Å²) in [5, 5.41) is 0. The van der Waals surface area contributed by atoms with E-state index in [0.29, 0.717) is 0 Å². The predicted octanol–water partition coefficient (Wildman–Crippen LogP) is 4.55. The van der Waals surface area contributed by atoms with Crippen molar-refractivity contribution in [3.63, 3.8) is 0 Å². The van der Waals surface area contributed by atoms with Crippen molar-refractivity contribution in [1.29, 1.82) is 0 Å². The zero-order chi connectivity index (χ0) is 14.3. The van der Waals surface area contributed by atoms with Gasteiger partial charge in [-0.2, -0.15) is 35.9 Å². The van der Waals surface area contributed by atoms with Crippen LogP contribution >= 0.6 is 12.2 Å². The van der Waals surface area contributed by atoms with Gasteiger partial charge in [0.15, 0.2) is 0 Å². The van der Waals surface area contributed by atoms with Gasteiger partial charge >= 0.3 is 19.5 Å². The summed E-state index contributed by atoms with van der Waals surface area (Å²) >= 11 is 8.26. The fourth-order valence-corrected chi connectivity index (χ4v) is 1.86. The van der Waals surface area contributed by atoms with Crippen molar-refractivity contribution >= 4 is 29.2 Å². The molecule has 0 unspecified atom stereocenters. The average molecular weight is 361 g/mol. The molecule has 1 rings (SSSR count). The Balaban J connectivity index is 0. The molecular weight excluding hydrogens is 336 g/mol. The smallest absolute Gasteiger partial charge is 0.415 e. The first-order chi connectivity index (χ1) is 9.16. The number of unbranched alkanes of at least 4 members (excludes halogenated alkanes) is 6. The van der Waals surface area contributed by atoms with Crippen LogP contribution in [0.1, 0.15) is 57.4 Å². The van der Waals surface area contributed by atoms with E-state index in [2.05, 4.69) is 55.7 Å². The Morgan fingerprint density at radius 2 is 1.70 bits per heavy atom. The third-order valence-corrected chi connectivity index (χ3v) is 2.82. The maximum Gasteiger partial charge on any atom is 2.00 e. The molecule has 0 saturated heterocycles. The van der Waals surface area contributed by atoms with E-state index in [1.807, 2.05) is 12.1 Å². The van der Waals surface area contributed by atoms with E-state index in [9.17, 15) is 0 Å². The van der Waals surface area contributed by atoms with Crippen molar-refractivity contribution in [3.05, 3.63) is 35.9 Å². The molecule has 108 valence electrons. The van der Waals surface area contributed by atoms with Crippen molar-refractivity contribution in [2.24, 2.45) is 5.73 Å². The van der Waals surface area contributed by atoms with E-state index in [1.165, 1.54) is 56.9 Å². The second kappa shape index (κ2) is 17.0. The average Bonchev–Trinajstić information content (AvgIpc) is 2.38. The summed E-state index contributed by atoms with van der Waals surface area (Å²) in [5.41, 5.74) is 6.02. The van der Waals surface area contributed by atoms with Crippen LogP contribution in [0.2, 0.25) is 0 Å². The zero-order valence-corrected chi connectivity index (χ0v) is 17.2. The van der Waals surface area contributed by atoms with E-state index in [0.717, 1.165) is 0 Å². The monoisotopic (exact) mass is 359 g/mol. The van der Waals surface area contributed by atoms with Gasteiger partial charge in [-0.1, -0.05) is 62.6 Å². The summed E-state index contributed by atoms with van der Waals surface area (Å²) < 4.78 is 0.0833. The molecule has 0 heterocycles. The third kappa shape index (κ3) is 18.0.